The molecule has 2 nitrogen and oxygen atoms in total. The molecular formula is C15H20O2. The number of carbonyl (C=O) groups excluding carboxylic acids is 1. The fourth-order valence-corrected chi connectivity index (χ4v) is 2.23. The highest BCUT2D eigenvalue weighted by atomic mass is 16.5. The molecule has 1 fully saturated rings. The van der Waals surface area contributed by atoms with E-state index in [0.29, 0.717) is 11.7 Å². The summed E-state index contributed by atoms with van der Waals surface area (Å²) in [6.45, 7) is 4.61. The van der Waals surface area contributed by atoms with Crippen molar-refractivity contribution in [1.82, 2.24) is 0 Å². The van der Waals surface area contributed by atoms with Gasteiger partial charge in [0.1, 0.15) is 11.5 Å². The van der Waals surface area contributed by atoms with Crippen LogP contribution in [-0.2, 0) is 4.79 Å². The molecule has 1 aromatic rings. The zero-order valence-electron chi connectivity index (χ0n) is 10.6. The number of ketones is 1. The van der Waals surface area contributed by atoms with Crippen molar-refractivity contribution in [3.8, 4) is 5.75 Å². The average Bonchev–Trinajstić information content (AvgIpc) is 3.10. The topological polar surface area (TPSA) is 26.3 Å². The van der Waals surface area contributed by atoms with Crippen LogP contribution in [0.4, 0.5) is 0 Å². The number of rotatable bonds is 6. The molecule has 1 aliphatic rings. The summed E-state index contributed by atoms with van der Waals surface area (Å²) in [6.07, 6.45) is 3.21. The van der Waals surface area contributed by atoms with Gasteiger partial charge in [0.15, 0.2) is 0 Å². The first-order valence-corrected chi connectivity index (χ1v) is 6.46. The van der Waals surface area contributed by atoms with Crippen molar-refractivity contribution in [1.29, 1.82) is 0 Å². The largest absolute Gasteiger partial charge is 0.493 e. The lowest BCUT2D eigenvalue weighted by Gasteiger charge is -2.10. The Kier molecular flexibility index (Phi) is 3.82. The zero-order chi connectivity index (χ0) is 12.3. The number of unbranched alkanes of at least 4 members (excludes halogenated alkanes) is 1. The quantitative estimate of drug-likeness (QED) is 0.701. The first-order chi connectivity index (χ1) is 8.24. The Morgan fingerprint density at radius 1 is 1.41 bits per heavy atom. The van der Waals surface area contributed by atoms with Crippen LogP contribution in [0.3, 0.4) is 0 Å². The molecule has 2 rings (SSSR count). The third kappa shape index (κ3) is 2.87. The summed E-state index contributed by atoms with van der Waals surface area (Å²) in [5, 5.41) is 0. The molecule has 0 N–H and O–H groups in total. The Labute approximate surface area is 103 Å². The number of hydrogen-bond donors (Lipinski definition) is 0. The lowest BCUT2D eigenvalue weighted by molar-refractivity contribution is -0.118. The molecule has 2 heteroatoms. The fraction of sp³-hybridized carbons (Fsp3) is 0.533. The molecule has 0 spiro atoms. The summed E-state index contributed by atoms with van der Waals surface area (Å²) in [5.41, 5.74) is 1.21. The van der Waals surface area contributed by atoms with Crippen LogP contribution in [0.15, 0.2) is 24.3 Å². The monoisotopic (exact) mass is 232 g/mol. The van der Waals surface area contributed by atoms with Gasteiger partial charge in [-0.1, -0.05) is 31.5 Å². The molecule has 0 aromatic heterocycles. The molecule has 0 aliphatic heterocycles. The molecule has 0 bridgehead atoms. The molecule has 1 aromatic carbocycles. The lowest BCUT2D eigenvalue weighted by Crippen LogP contribution is -2.01. The van der Waals surface area contributed by atoms with Crippen LogP contribution in [0.2, 0.25) is 0 Å². The molecule has 0 amide bonds. The maximum absolute atomic E-state index is 11.3. The molecule has 0 heterocycles. The summed E-state index contributed by atoms with van der Waals surface area (Å²) in [4.78, 5) is 11.3. The van der Waals surface area contributed by atoms with Gasteiger partial charge in [-0.25, -0.2) is 0 Å². The predicted octanol–water partition coefficient (Wildman–Crippen LogP) is 3.56. The van der Waals surface area contributed by atoms with Gasteiger partial charge in [-0.2, -0.15) is 0 Å². The smallest absolute Gasteiger partial charge is 0.133 e. The predicted molar refractivity (Wildman–Crippen MR) is 68.4 cm³/mol. The summed E-state index contributed by atoms with van der Waals surface area (Å²) in [6, 6.07) is 8.13. The molecule has 2 atom stereocenters. The Balaban J connectivity index is 2.04. The van der Waals surface area contributed by atoms with Crippen molar-refractivity contribution in [2.75, 3.05) is 6.61 Å². The highest BCUT2D eigenvalue weighted by Gasteiger charge is 2.43. The second kappa shape index (κ2) is 5.35. The van der Waals surface area contributed by atoms with E-state index < -0.39 is 0 Å². The standard InChI is InChI=1S/C15H20O2/c1-3-4-9-17-15-8-6-5-7-12(15)14-10-13(14)11(2)16/h5-8,13-14H,3-4,9-10H2,1-2H3/t13-,14?/m1/s1. The summed E-state index contributed by atoms with van der Waals surface area (Å²) < 4.78 is 5.80. The van der Waals surface area contributed by atoms with E-state index >= 15 is 0 Å². The Bertz CT molecular complexity index is 398. The van der Waals surface area contributed by atoms with Gasteiger partial charge in [0.25, 0.3) is 0 Å². The fourth-order valence-electron chi connectivity index (χ4n) is 2.23. The van der Waals surface area contributed by atoms with E-state index in [1.165, 1.54) is 5.56 Å². The Morgan fingerprint density at radius 3 is 2.82 bits per heavy atom. The van der Waals surface area contributed by atoms with Gasteiger partial charge in [0, 0.05) is 5.92 Å². The molecule has 1 unspecified atom stereocenters. The van der Waals surface area contributed by atoms with Crippen molar-refractivity contribution in [2.24, 2.45) is 5.92 Å². The third-order valence-electron chi connectivity index (χ3n) is 3.39. The Morgan fingerprint density at radius 2 is 2.18 bits per heavy atom. The van der Waals surface area contributed by atoms with Gasteiger partial charge in [-0.15, -0.1) is 0 Å². The highest BCUT2D eigenvalue weighted by Crippen LogP contribution is 2.50. The second-order valence-electron chi connectivity index (χ2n) is 4.80. The molecule has 92 valence electrons. The number of ether oxygens (including phenoxy) is 1. The van der Waals surface area contributed by atoms with Crippen LogP contribution in [0.1, 0.15) is 44.6 Å². The van der Waals surface area contributed by atoms with Crippen LogP contribution < -0.4 is 4.74 Å². The molecular weight excluding hydrogens is 212 g/mol. The maximum atomic E-state index is 11.3. The SMILES string of the molecule is CCCCOc1ccccc1C1C[C@@H]1C(C)=O. The van der Waals surface area contributed by atoms with Gasteiger partial charge >= 0.3 is 0 Å². The van der Waals surface area contributed by atoms with Gasteiger partial charge < -0.3 is 4.74 Å². The van der Waals surface area contributed by atoms with Crippen molar-refractivity contribution < 1.29 is 9.53 Å². The molecule has 1 aliphatic carbocycles. The number of carbonyl (C=O) groups is 1. The van der Waals surface area contributed by atoms with E-state index in [2.05, 4.69) is 13.0 Å². The Hall–Kier alpha value is -1.31. The van der Waals surface area contributed by atoms with E-state index in [1.807, 2.05) is 18.2 Å². The molecule has 0 radical (unpaired) electrons. The van der Waals surface area contributed by atoms with E-state index in [1.54, 1.807) is 6.92 Å². The van der Waals surface area contributed by atoms with Gasteiger partial charge in [-0.3, -0.25) is 4.79 Å². The summed E-state index contributed by atoms with van der Waals surface area (Å²) in [5.74, 6) is 1.89. The minimum atomic E-state index is 0.228. The minimum Gasteiger partial charge on any atom is -0.493 e. The molecule has 17 heavy (non-hydrogen) atoms. The number of para-hydroxylation sites is 1. The molecule has 0 saturated heterocycles. The summed E-state index contributed by atoms with van der Waals surface area (Å²) in [7, 11) is 0. The normalized spacial score (nSPS) is 22.2. The van der Waals surface area contributed by atoms with Crippen molar-refractivity contribution in [3.05, 3.63) is 29.8 Å². The highest BCUT2D eigenvalue weighted by molar-refractivity contribution is 5.82. The third-order valence-corrected chi connectivity index (χ3v) is 3.39. The van der Waals surface area contributed by atoms with E-state index in [-0.39, 0.29) is 5.92 Å². The van der Waals surface area contributed by atoms with E-state index in [9.17, 15) is 4.79 Å². The lowest BCUT2D eigenvalue weighted by atomic mass is 10.1. The van der Waals surface area contributed by atoms with Crippen LogP contribution in [-0.4, -0.2) is 12.4 Å². The van der Waals surface area contributed by atoms with Crippen LogP contribution in [0.25, 0.3) is 0 Å². The van der Waals surface area contributed by atoms with E-state index in [0.717, 1.165) is 31.6 Å². The summed E-state index contributed by atoms with van der Waals surface area (Å²) >= 11 is 0. The van der Waals surface area contributed by atoms with Crippen LogP contribution >= 0.6 is 0 Å². The van der Waals surface area contributed by atoms with Crippen molar-refractivity contribution in [3.63, 3.8) is 0 Å². The van der Waals surface area contributed by atoms with Crippen LogP contribution in [0.5, 0.6) is 5.75 Å². The number of hydrogen-bond acceptors (Lipinski definition) is 2. The van der Waals surface area contributed by atoms with Gasteiger partial charge in [0.05, 0.1) is 6.61 Å². The van der Waals surface area contributed by atoms with Gasteiger partial charge in [-0.05, 0) is 37.3 Å². The minimum absolute atomic E-state index is 0.228. The van der Waals surface area contributed by atoms with Gasteiger partial charge in [0.2, 0.25) is 0 Å². The van der Waals surface area contributed by atoms with Crippen molar-refractivity contribution in [2.45, 2.75) is 39.0 Å². The molecule has 1 saturated carbocycles. The second-order valence-corrected chi connectivity index (χ2v) is 4.80. The number of Topliss-reactive ketones (excluding diaryl/α,β-unsaturated/α-hetero) is 1. The van der Waals surface area contributed by atoms with Crippen molar-refractivity contribution >= 4 is 5.78 Å². The van der Waals surface area contributed by atoms with E-state index in [4.69, 9.17) is 4.74 Å². The first kappa shape index (κ1) is 12.2. The maximum Gasteiger partial charge on any atom is 0.133 e. The number of benzene rings is 1. The first-order valence-electron chi connectivity index (χ1n) is 6.46. The zero-order valence-corrected chi connectivity index (χ0v) is 10.6. The van der Waals surface area contributed by atoms with Crippen LogP contribution in [0, 0.1) is 5.92 Å². The average molecular weight is 232 g/mol.